The number of imide groups is 1. The Labute approximate surface area is 167 Å². The Morgan fingerprint density at radius 2 is 2.10 bits per heavy atom. The monoisotopic (exact) mass is 397 g/mol. The van der Waals surface area contributed by atoms with E-state index in [1.807, 2.05) is 19.1 Å². The molecule has 2 aliphatic rings. The lowest BCUT2D eigenvalue weighted by Gasteiger charge is -2.33. The van der Waals surface area contributed by atoms with E-state index < -0.39 is 17.5 Å². The fourth-order valence-electron chi connectivity index (χ4n) is 3.94. The van der Waals surface area contributed by atoms with Crippen molar-refractivity contribution in [1.82, 2.24) is 20.4 Å². The van der Waals surface area contributed by atoms with Crippen LogP contribution in [0.3, 0.4) is 0 Å². The van der Waals surface area contributed by atoms with Gasteiger partial charge in [0, 0.05) is 11.3 Å². The Hall–Kier alpha value is -3.23. The molecule has 152 valence electrons. The molecule has 1 saturated heterocycles. The van der Waals surface area contributed by atoms with Crippen molar-refractivity contribution in [2.24, 2.45) is 5.92 Å². The smallest absolute Gasteiger partial charge is 0.325 e. The van der Waals surface area contributed by atoms with Crippen LogP contribution in [0.15, 0.2) is 29.0 Å². The van der Waals surface area contributed by atoms with E-state index in [2.05, 4.69) is 27.8 Å². The average Bonchev–Trinajstić information content (AvgIpc) is 3.30. The summed E-state index contributed by atoms with van der Waals surface area (Å²) in [6.07, 6.45) is 4.22. The Morgan fingerprint density at radius 3 is 2.79 bits per heavy atom. The number of nitrogens with zero attached hydrogens (tertiary/aromatic N) is 3. The topological polar surface area (TPSA) is 117 Å². The molecule has 9 nitrogen and oxygen atoms in total. The van der Waals surface area contributed by atoms with Gasteiger partial charge in [0.05, 0.1) is 0 Å². The summed E-state index contributed by atoms with van der Waals surface area (Å²) in [7, 11) is 0. The molecule has 1 aromatic heterocycles. The van der Waals surface area contributed by atoms with Crippen LogP contribution in [0.25, 0.3) is 11.5 Å². The van der Waals surface area contributed by atoms with Gasteiger partial charge in [0.15, 0.2) is 0 Å². The number of amides is 4. The van der Waals surface area contributed by atoms with E-state index in [1.54, 1.807) is 6.07 Å². The molecule has 1 aliphatic carbocycles. The number of rotatable bonds is 4. The first kappa shape index (κ1) is 19.1. The molecule has 2 heterocycles. The van der Waals surface area contributed by atoms with E-state index in [1.165, 1.54) is 6.39 Å². The number of carbonyl (C=O) groups excluding carboxylic acids is 3. The average molecular weight is 397 g/mol. The van der Waals surface area contributed by atoms with Gasteiger partial charge in [-0.2, -0.15) is 0 Å². The number of aryl methyl sites for hydroxylation is 1. The fourth-order valence-corrected chi connectivity index (χ4v) is 3.94. The number of urea groups is 1. The first-order valence-electron chi connectivity index (χ1n) is 9.69. The Balaban J connectivity index is 1.46. The molecular formula is C20H23N5O4. The third-order valence-corrected chi connectivity index (χ3v) is 5.79. The molecule has 4 amide bonds. The minimum atomic E-state index is -0.850. The number of aromatic nitrogens is 2. The molecule has 1 saturated carbocycles. The fraction of sp³-hybridized carbons (Fsp3) is 0.450. The Bertz CT molecular complexity index is 948. The van der Waals surface area contributed by atoms with Crippen LogP contribution in [0.1, 0.15) is 38.2 Å². The highest BCUT2D eigenvalue weighted by atomic mass is 16.4. The molecule has 1 aliphatic heterocycles. The number of hydrogen-bond acceptors (Lipinski definition) is 6. The van der Waals surface area contributed by atoms with Crippen molar-refractivity contribution < 1.29 is 18.8 Å². The highest BCUT2D eigenvalue weighted by molar-refractivity contribution is 6.10. The highest BCUT2D eigenvalue weighted by Crippen LogP contribution is 2.36. The number of carbonyl (C=O) groups is 3. The molecule has 1 spiro atoms. The van der Waals surface area contributed by atoms with E-state index in [0.29, 0.717) is 35.9 Å². The molecule has 1 aromatic carbocycles. The molecule has 2 fully saturated rings. The van der Waals surface area contributed by atoms with E-state index >= 15 is 0 Å². The normalized spacial score (nSPS) is 24.1. The molecule has 0 bridgehead atoms. The second-order valence-electron chi connectivity index (χ2n) is 7.91. The zero-order valence-corrected chi connectivity index (χ0v) is 16.4. The van der Waals surface area contributed by atoms with Crippen molar-refractivity contribution in [3.63, 3.8) is 0 Å². The predicted molar refractivity (Wildman–Crippen MR) is 104 cm³/mol. The lowest BCUT2D eigenvalue weighted by molar-refractivity contribution is -0.135. The van der Waals surface area contributed by atoms with Gasteiger partial charge in [-0.05, 0) is 56.2 Å². The number of anilines is 1. The van der Waals surface area contributed by atoms with E-state index in [4.69, 9.17) is 4.42 Å². The largest absolute Gasteiger partial charge is 0.423 e. The third kappa shape index (κ3) is 3.59. The second kappa shape index (κ2) is 7.31. The summed E-state index contributed by atoms with van der Waals surface area (Å²) < 4.78 is 5.19. The molecule has 0 unspecified atom stereocenters. The molecule has 0 radical (unpaired) electrons. The summed E-state index contributed by atoms with van der Waals surface area (Å²) in [6.45, 7) is 3.66. The number of nitrogens with one attached hydrogen (secondary N) is 2. The molecule has 9 heteroatoms. The van der Waals surface area contributed by atoms with Gasteiger partial charge in [0.2, 0.25) is 18.2 Å². The van der Waals surface area contributed by atoms with Gasteiger partial charge >= 0.3 is 6.03 Å². The van der Waals surface area contributed by atoms with Gasteiger partial charge in [-0.25, -0.2) is 4.79 Å². The van der Waals surface area contributed by atoms with Crippen LogP contribution in [0, 0.1) is 12.8 Å². The summed E-state index contributed by atoms with van der Waals surface area (Å²) >= 11 is 0. The van der Waals surface area contributed by atoms with E-state index in [-0.39, 0.29) is 12.5 Å². The lowest BCUT2D eigenvalue weighted by atomic mass is 9.77. The second-order valence-corrected chi connectivity index (χ2v) is 7.91. The van der Waals surface area contributed by atoms with Crippen molar-refractivity contribution in [2.45, 2.75) is 45.1 Å². The molecule has 2 aromatic rings. The summed E-state index contributed by atoms with van der Waals surface area (Å²) in [4.78, 5) is 38.9. The summed E-state index contributed by atoms with van der Waals surface area (Å²) in [5.74, 6) is 0.126. The summed E-state index contributed by atoms with van der Waals surface area (Å²) in [6, 6.07) is 4.84. The molecular weight excluding hydrogens is 374 g/mol. The SMILES string of the molecule is Cc1ccc(-c2nnco2)cc1NC(=O)CN1C(=O)NC2(CCC(C)CC2)C1=O. The summed E-state index contributed by atoms with van der Waals surface area (Å²) in [5, 5.41) is 13.1. The van der Waals surface area contributed by atoms with Crippen LogP contribution >= 0.6 is 0 Å². The van der Waals surface area contributed by atoms with Crippen LogP contribution in [-0.2, 0) is 9.59 Å². The molecule has 4 rings (SSSR count). The third-order valence-electron chi connectivity index (χ3n) is 5.79. The van der Waals surface area contributed by atoms with Crippen LogP contribution in [0.4, 0.5) is 10.5 Å². The zero-order chi connectivity index (χ0) is 20.6. The van der Waals surface area contributed by atoms with Crippen LogP contribution in [0.5, 0.6) is 0 Å². The van der Waals surface area contributed by atoms with Gasteiger partial charge in [0.1, 0.15) is 12.1 Å². The maximum Gasteiger partial charge on any atom is 0.325 e. The van der Waals surface area contributed by atoms with Gasteiger partial charge in [-0.1, -0.05) is 13.0 Å². The Morgan fingerprint density at radius 1 is 1.34 bits per heavy atom. The lowest BCUT2D eigenvalue weighted by Crippen LogP contribution is -2.49. The molecule has 0 atom stereocenters. The quantitative estimate of drug-likeness (QED) is 0.766. The van der Waals surface area contributed by atoms with E-state index in [0.717, 1.165) is 23.3 Å². The first-order valence-corrected chi connectivity index (χ1v) is 9.69. The maximum atomic E-state index is 12.9. The van der Waals surface area contributed by atoms with Gasteiger partial charge in [-0.3, -0.25) is 14.5 Å². The Kier molecular flexibility index (Phi) is 4.81. The van der Waals surface area contributed by atoms with Gasteiger partial charge in [-0.15, -0.1) is 10.2 Å². The van der Waals surface area contributed by atoms with Crippen molar-refractivity contribution in [3.05, 3.63) is 30.2 Å². The van der Waals surface area contributed by atoms with Crippen molar-refractivity contribution >= 4 is 23.5 Å². The number of hydrogen-bond donors (Lipinski definition) is 2. The van der Waals surface area contributed by atoms with Crippen molar-refractivity contribution in [2.75, 3.05) is 11.9 Å². The van der Waals surface area contributed by atoms with Gasteiger partial charge in [0.25, 0.3) is 5.91 Å². The first-order chi connectivity index (χ1) is 13.9. The number of benzene rings is 1. The van der Waals surface area contributed by atoms with E-state index in [9.17, 15) is 14.4 Å². The van der Waals surface area contributed by atoms with Crippen LogP contribution < -0.4 is 10.6 Å². The minimum Gasteiger partial charge on any atom is -0.423 e. The standard InChI is InChI=1S/C20H23N5O4/c1-12-5-7-20(8-6-12)18(27)25(19(28)23-20)10-16(26)22-15-9-14(4-3-13(15)2)17-24-21-11-29-17/h3-4,9,11-12H,5-8,10H2,1-2H3,(H,22,26)(H,23,28). The summed E-state index contributed by atoms with van der Waals surface area (Å²) in [5.41, 5.74) is 1.20. The molecule has 2 N–H and O–H groups in total. The minimum absolute atomic E-state index is 0.305. The highest BCUT2D eigenvalue weighted by Gasteiger charge is 2.52. The van der Waals surface area contributed by atoms with Crippen molar-refractivity contribution in [1.29, 1.82) is 0 Å². The van der Waals surface area contributed by atoms with Crippen LogP contribution in [0.2, 0.25) is 0 Å². The van der Waals surface area contributed by atoms with Crippen molar-refractivity contribution in [3.8, 4) is 11.5 Å². The zero-order valence-electron chi connectivity index (χ0n) is 16.4. The maximum absolute atomic E-state index is 12.9. The molecule has 29 heavy (non-hydrogen) atoms. The van der Waals surface area contributed by atoms with Gasteiger partial charge < -0.3 is 15.1 Å². The predicted octanol–water partition coefficient (Wildman–Crippen LogP) is 2.48. The van der Waals surface area contributed by atoms with Crippen LogP contribution in [-0.4, -0.2) is 45.0 Å².